The van der Waals surface area contributed by atoms with E-state index in [0.717, 1.165) is 0 Å². The van der Waals surface area contributed by atoms with Crippen molar-refractivity contribution in [3.05, 3.63) is 142 Å². The minimum absolute atomic E-state index is 0. The van der Waals surface area contributed by atoms with Gasteiger partial charge < -0.3 is 24.8 Å². The molecule has 4 aromatic carbocycles. The van der Waals surface area contributed by atoms with Gasteiger partial charge in [-0.05, 0) is 0 Å². The van der Waals surface area contributed by atoms with E-state index >= 15 is 0 Å². The zero-order chi connectivity index (χ0) is 27.2. The molecule has 0 atom stereocenters. The van der Waals surface area contributed by atoms with Crippen LogP contribution in [0.5, 0.6) is 0 Å². The van der Waals surface area contributed by atoms with E-state index in [1.165, 1.54) is 60.8 Å². The van der Waals surface area contributed by atoms with Gasteiger partial charge >= 0.3 is 26.2 Å². The predicted molar refractivity (Wildman–Crippen MR) is 165 cm³/mol. The monoisotopic (exact) mass is 662 g/mol. The molecule has 41 heavy (non-hydrogen) atoms. The Kier molecular flexibility index (Phi) is 15.4. The average Bonchev–Trinajstić information content (AvgIpc) is 3.48. The maximum Gasteiger partial charge on any atom is 2.00 e. The second kappa shape index (κ2) is 16.8. The van der Waals surface area contributed by atoms with E-state index in [1.807, 2.05) is 36.4 Å². The van der Waals surface area contributed by atoms with Crippen molar-refractivity contribution in [3.63, 3.8) is 0 Å². The van der Waals surface area contributed by atoms with Gasteiger partial charge in [-0.25, -0.2) is 36.1 Å². The first kappa shape index (κ1) is 37.4. The Morgan fingerprint density at radius 3 is 1.24 bits per heavy atom. The van der Waals surface area contributed by atoms with Crippen LogP contribution >= 0.6 is 0 Å². The summed E-state index contributed by atoms with van der Waals surface area (Å²) in [5.74, 6) is 0. The van der Waals surface area contributed by atoms with Crippen molar-refractivity contribution in [3.8, 4) is 0 Å². The molecule has 0 N–H and O–H groups in total. The van der Waals surface area contributed by atoms with Crippen molar-refractivity contribution < 1.29 is 51.0 Å². The molecule has 2 aliphatic carbocycles. The number of benzene rings is 2. The molecule has 0 unspecified atom stereocenters. The Morgan fingerprint density at radius 1 is 0.585 bits per heavy atom. The third-order valence-corrected chi connectivity index (χ3v) is 8.26. The quantitative estimate of drug-likeness (QED) is 0.289. The van der Waals surface area contributed by atoms with Crippen molar-refractivity contribution in [1.82, 2.24) is 0 Å². The van der Waals surface area contributed by atoms with E-state index < -0.39 is 0 Å². The topological polar surface area (TPSA) is 0 Å². The minimum Gasteiger partial charge on any atom is -1.00 e. The fraction of sp³-hybridized carbons (Fsp3) is 0.368. The minimum atomic E-state index is 0. The summed E-state index contributed by atoms with van der Waals surface area (Å²) in [5, 5.41) is 0. The number of halogens is 2. The molecule has 0 radical (unpaired) electrons. The standard InChI is InChI=1S/C14H12.2C12H17.2ClH.Zr/c1-3-7-13(8-4-1)11-12-14-9-5-2-6-10-14;2*1-9-7-10-5-4-6-12(2,3)11(10)8-9;;;/h1-12H;2*7-8H,4-6H2,1-3H3;2*1H;/q-2;2*-1;;;+2/p-2. The van der Waals surface area contributed by atoms with Gasteiger partial charge in [-0.15, -0.1) is 24.3 Å². The van der Waals surface area contributed by atoms with Crippen LogP contribution in [0.1, 0.15) is 97.9 Å². The normalized spacial score (nSPS) is 15.3. The average molecular weight is 665 g/mol. The van der Waals surface area contributed by atoms with E-state index in [2.05, 4.69) is 103 Å². The van der Waals surface area contributed by atoms with Gasteiger partial charge in [0.25, 0.3) is 0 Å². The van der Waals surface area contributed by atoms with Crippen LogP contribution in [-0.2, 0) is 49.9 Å². The molecule has 0 heterocycles. The number of hydrogen-bond donors (Lipinski definition) is 0. The van der Waals surface area contributed by atoms with Gasteiger partial charge in [-0.1, -0.05) is 103 Å². The van der Waals surface area contributed by atoms with Crippen LogP contribution in [0.3, 0.4) is 0 Å². The van der Waals surface area contributed by atoms with Crippen LogP contribution in [-0.4, -0.2) is 0 Å². The fourth-order valence-corrected chi connectivity index (χ4v) is 6.13. The van der Waals surface area contributed by atoms with E-state index in [0.29, 0.717) is 10.8 Å². The summed E-state index contributed by atoms with van der Waals surface area (Å²) >= 11 is 0. The third-order valence-electron chi connectivity index (χ3n) is 8.26. The van der Waals surface area contributed by atoms with Gasteiger partial charge in [-0.2, -0.15) is 69.8 Å². The zero-order valence-corrected chi connectivity index (χ0v) is 29.7. The molecule has 0 aliphatic heterocycles. The van der Waals surface area contributed by atoms with Crippen molar-refractivity contribution in [2.75, 3.05) is 0 Å². The van der Waals surface area contributed by atoms with Gasteiger partial charge in [0.2, 0.25) is 0 Å². The molecule has 6 rings (SSSR count). The van der Waals surface area contributed by atoms with Gasteiger partial charge in [0.1, 0.15) is 0 Å². The molecule has 0 aromatic heterocycles. The van der Waals surface area contributed by atoms with E-state index in [-0.39, 0.29) is 51.0 Å². The summed E-state index contributed by atoms with van der Waals surface area (Å²) in [5.41, 5.74) is 12.6. The third kappa shape index (κ3) is 10.5. The first-order valence-corrected chi connectivity index (χ1v) is 14.5. The molecular formula is C38H46Cl2Zr-4. The summed E-state index contributed by atoms with van der Waals surface area (Å²) in [6, 6.07) is 30.1. The summed E-state index contributed by atoms with van der Waals surface area (Å²) in [6.45, 7) is 13.9. The molecule has 0 saturated carbocycles. The number of fused-ring (bicyclic) bond motifs is 2. The van der Waals surface area contributed by atoms with Crippen molar-refractivity contribution in [2.45, 2.75) is 90.9 Å². The molecule has 0 spiro atoms. The van der Waals surface area contributed by atoms with Gasteiger partial charge in [-0.3, -0.25) is 0 Å². The maximum absolute atomic E-state index is 2.37. The molecule has 4 aromatic rings. The number of hydrogen-bond acceptors (Lipinski definition) is 0. The van der Waals surface area contributed by atoms with Crippen LogP contribution in [0.15, 0.2) is 84.9 Å². The summed E-state index contributed by atoms with van der Waals surface area (Å²) in [4.78, 5) is 0. The zero-order valence-electron chi connectivity index (χ0n) is 25.7. The Bertz CT molecular complexity index is 1180. The Labute approximate surface area is 282 Å². The second-order valence-corrected chi connectivity index (χ2v) is 12.6. The molecule has 0 nitrogen and oxygen atoms in total. The van der Waals surface area contributed by atoms with Crippen LogP contribution in [0.2, 0.25) is 0 Å². The molecule has 3 heteroatoms. The van der Waals surface area contributed by atoms with Crippen LogP contribution in [0, 0.1) is 26.7 Å². The SMILES string of the molecule is Cc1cc2c([cH-]1)CCCC2(C)C.Cc1cc2c([cH-]1)CCCC2(C)C.[Cl-].[Cl-].[Zr+2].c1ccc([CH-][CH-]c2ccccc2)cc1. The molecule has 2 aliphatic rings. The number of aryl methyl sites for hydroxylation is 4. The van der Waals surface area contributed by atoms with Crippen molar-refractivity contribution in [2.24, 2.45) is 0 Å². The summed E-state index contributed by atoms with van der Waals surface area (Å²) < 4.78 is 0. The Balaban J connectivity index is 0.000000298. The smallest absolute Gasteiger partial charge is 1.00 e. The molecule has 220 valence electrons. The Morgan fingerprint density at radius 2 is 0.927 bits per heavy atom. The van der Waals surface area contributed by atoms with E-state index in [1.54, 1.807) is 22.3 Å². The summed E-state index contributed by atoms with van der Waals surface area (Å²) in [6.07, 6.45) is 12.3. The first-order valence-electron chi connectivity index (χ1n) is 14.5. The maximum atomic E-state index is 2.37. The van der Waals surface area contributed by atoms with Gasteiger partial charge in [0.15, 0.2) is 0 Å². The van der Waals surface area contributed by atoms with Crippen molar-refractivity contribution >= 4 is 0 Å². The summed E-state index contributed by atoms with van der Waals surface area (Å²) in [7, 11) is 0. The van der Waals surface area contributed by atoms with Crippen LogP contribution in [0.25, 0.3) is 0 Å². The van der Waals surface area contributed by atoms with Gasteiger partial charge in [0, 0.05) is 0 Å². The molecule has 0 bridgehead atoms. The molecule has 0 amide bonds. The van der Waals surface area contributed by atoms with Gasteiger partial charge in [0.05, 0.1) is 0 Å². The fourth-order valence-electron chi connectivity index (χ4n) is 6.13. The Hall–Kier alpha value is -1.66. The predicted octanol–water partition coefficient (Wildman–Crippen LogP) is 4.15. The molecular weight excluding hydrogens is 619 g/mol. The van der Waals surface area contributed by atoms with Crippen LogP contribution in [0.4, 0.5) is 0 Å². The molecule has 0 fully saturated rings. The van der Waals surface area contributed by atoms with E-state index in [9.17, 15) is 0 Å². The largest absolute Gasteiger partial charge is 2.00 e. The molecule has 0 saturated heterocycles. The number of rotatable bonds is 3. The van der Waals surface area contributed by atoms with Crippen LogP contribution < -0.4 is 24.8 Å². The first-order chi connectivity index (χ1) is 18.1. The second-order valence-electron chi connectivity index (χ2n) is 12.6. The van der Waals surface area contributed by atoms with Crippen molar-refractivity contribution in [1.29, 1.82) is 0 Å². The van der Waals surface area contributed by atoms with E-state index in [4.69, 9.17) is 0 Å².